The van der Waals surface area contributed by atoms with E-state index in [1.54, 1.807) is 12.1 Å². The average molecular weight is 1020 g/mol. The Hall–Kier alpha value is -6.93. The van der Waals surface area contributed by atoms with Crippen LogP contribution in [0, 0.1) is 0 Å². The number of unbranched alkanes of at least 4 members (excludes halogenated alkanes) is 12. The van der Waals surface area contributed by atoms with Gasteiger partial charge in [0.15, 0.2) is 12.4 Å². The molecule has 7 heteroatoms. The number of esters is 1. The molecule has 1 amide bonds. The Bertz CT molecular complexity index is 2490. The molecule has 7 aromatic rings. The third kappa shape index (κ3) is 16.8. The first-order valence-electron chi connectivity index (χ1n) is 28.4. The monoisotopic (exact) mass is 1020 g/mol. The summed E-state index contributed by atoms with van der Waals surface area (Å²) >= 11 is 0. The molecule has 0 unspecified atom stereocenters. The van der Waals surface area contributed by atoms with E-state index in [1.165, 1.54) is 71.9 Å². The summed E-state index contributed by atoms with van der Waals surface area (Å²) in [4.78, 5) is 40.7. The van der Waals surface area contributed by atoms with Gasteiger partial charge < -0.3 is 9.64 Å². The summed E-state index contributed by atoms with van der Waals surface area (Å²) in [6.45, 7) is 2.74. The highest BCUT2D eigenvalue weighted by Gasteiger charge is 2.37. The van der Waals surface area contributed by atoms with Crippen LogP contribution in [0.25, 0.3) is 0 Å². The Kier molecular flexibility index (Phi) is 23.8. The maximum absolute atomic E-state index is 14.3. The van der Waals surface area contributed by atoms with Gasteiger partial charge in [-0.25, -0.2) is 0 Å². The largest absolute Gasteiger partial charge is 0.457 e. The molecule has 0 atom stereocenters. The van der Waals surface area contributed by atoms with Gasteiger partial charge in [-0.2, -0.15) is 0 Å². The standard InChI is InChI=1S/C69H81N3O4/c73-65(58-37-18-11-19-38-58)57-76-67(75)52-33-10-8-6-4-2-1-3-5-7-9-32-51-66(74)72(56-36-54-71-69(62-45-26-15-27-46-62,63-47-28-16-29-48-63)64-49-30-17-31-50-64)55-35-34-53-70-68(59-39-20-12-21-40-59,60-41-22-13-23-42-60)61-43-24-14-25-44-61/h11-31,37-50,70-71H,1-10,32-36,51-57H2. The van der Waals surface area contributed by atoms with Crippen molar-refractivity contribution in [3.63, 3.8) is 0 Å². The van der Waals surface area contributed by atoms with E-state index in [0.717, 1.165) is 77.4 Å². The molecular weight excluding hydrogens is 935 g/mol. The molecule has 7 rings (SSSR count). The van der Waals surface area contributed by atoms with Crippen LogP contribution in [0.3, 0.4) is 0 Å². The lowest BCUT2D eigenvalue weighted by Gasteiger charge is -2.37. The second-order valence-electron chi connectivity index (χ2n) is 20.2. The van der Waals surface area contributed by atoms with Crippen LogP contribution in [-0.2, 0) is 25.4 Å². The Morgan fingerprint density at radius 3 is 1.01 bits per heavy atom. The minimum Gasteiger partial charge on any atom is -0.457 e. The highest BCUT2D eigenvalue weighted by Crippen LogP contribution is 2.38. The Morgan fingerprint density at radius 1 is 0.342 bits per heavy atom. The van der Waals surface area contributed by atoms with Crippen LogP contribution in [0.15, 0.2) is 212 Å². The van der Waals surface area contributed by atoms with E-state index in [1.807, 2.05) is 18.2 Å². The molecule has 0 heterocycles. The summed E-state index contributed by atoms with van der Waals surface area (Å²) in [6, 6.07) is 73.5. The number of hydrogen-bond acceptors (Lipinski definition) is 6. The smallest absolute Gasteiger partial charge is 0.306 e. The highest BCUT2D eigenvalue weighted by molar-refractivity contribution is 5.97. The predicted molar refractivity (Wildman–Crippen MR) is 311 cm³/mol. The maximum Gasteiger partial charge on any atom is 0.306 e. The van der Waals surface area contributed by atoms with Gasteiger partial charge in [-0.1, -0.05) is 277 Å². The molecule has 0 aliphatic heterocycles. The second-order valence-corrected chi connectivity index (χ2v) is 20.2. The van der Waals surface area contributed by atoms with Crippen molar-refractivity contribution < 1.29 is 19.1 Å². The fourth-order valence-electron chi connectivity index (χ4n) is 10.7. The molecule has 0 saturated heterocycles. The summed E-state index contributed by atoms with van der Waals surface area (Å²) in [5.74, 6) is -0.204. The summed E-state index contributed by atoms with van der Waals surface area (Å²) < 4.78 is 5.20. The Morgan fingerprint density at radius 2 is 0.645 bits per heavy atom. The lowest BCUT2D eigenvalue weighted by Crippen LogP contribution is -2.46. The number of ketones is 1. The van der Waals surface area contributed by atoms with Crippen molar-refractivity contribution >= 4 is 17.7 Å². The molecular formula is C69H81N3O4. The Labute approximate surface area is 454 Å². The number of nitrogens with one attached hydrogen (secondary N) is 2. The van der Waals surface area contributed by atoms with Gasteiger partial charge in [0.1, 0.15) is 0 Å². The molecule has 0 bridgehead atoms. The van der Waals surface area contributed by atoms with Gasteiger partial charge in [0.25, 0.3) is 0 Å². The van der Waals surface area contributed by atoms with Crippen LogP contribution < -0.4 is 10.6 Å². The van der Waals surface area contributed by atoms with Crippen molar-refractivity contribution in [2.75, 3.05) is 32.8 Å². The minimum atomic E-state index is -0.556. The fourth-order valence-corrected chi connectivity index (χ4v) is 10.7. The summed E-state index contributed by atoms with van der Waals surface area (Å²) in [5.41, 5.74) is 6.64. The lowest BCUT2D eigenvalue weighted by molar-refractivity contribution is -0.142. The molecule has 76 heavy (non-hydrogen) atoms. The second kappa shape index (κ2) is 31.8. The quantitative estimate of drug-likeness (QED) is 0.0178. The first kappa shape index (κ1) is 56.8. The normalized spacial score (nSPS) is 11.5. The maximum atomic E-state index is 14.3. The number of carbonyl (C=O) groups excluding carboxylic acids is 3. The molecule has 0 radical (unpaired) electrons. The molecule has 0 fully saturated rings. The van der Waals surface area contributed by atoms with Crippen LogP contribution in [0.2, 0.25) is 0 Å². The minimum absolute atomic E-state index is 0.169. The number of hydrogen-bond donors (Lipinski definition) is 2. The van der Waals surface area contributed by atoms with Crippen LogP contribution in [0.4, 0.5) is 0 Å². The molecule has 0 aliphatic rings. The number of ether oxygens (including phenoxy) is 1. The fraction of sp³-hybridized carbons (Fsp3) is 0.348. The highest BCUT2D eigenvalue weighted by atomic mass is 16.5. The topological polar surface area (TPSA) is 87.7 Å². The summed E-state index contributed by atoms with van der Waals surface area (Å²) in [6.07, 6.45) is 16.9. The van der Waals surface area contributed by atoms with E-state index in [-0.39, 0.29) is 24.3 Å². The van der Waals surface area contributed by atoms with Crippen molar-refractivity contribution in [1.29, 1.82) is 0 Å². The van der Waals surface area contributed by atoms with E-state index in [4.69, 9.17) is 4.74 Å². The SMILES string of the molecule is O=C(CCCCCCCCCCCCCCC(=O)N(CCCCNC(c1ccccc1)(c1ccccc1)c1ccccc1)CCCNC(c1ccccc1)(c1ccccc1)c1ccccc1)OCC(=O)c1ccccc1. The lowest BCUT2D eigenvalue weighted by atomic mass is 9.77. The van der Waals surface area contributed by atoms with Gasteiger partial charge in [0, 0.05) is 31.5 Å². The van der Waals surface area contributed by atoms with Gasteiger partial charge in [-0.3, -0.25) is 25.0 Å². The van der Waals surface area contributed by atoms with Gasteiger partial charge in [-0.05, 0) is 78.6 Å². The van der Waals surface area contributed by atoms with Crippen molar-refractivity contribution in [3.8, 4) is 0 Å². The van der Waals surface area contributed by atoms with E-state index in [9.17, 15) is 14.4 Å². The predicted octanol–water partition coefficient (Wildman–Crippen LogP) is 15.0. The zero-order valence-corrected chi connectivity index (χ0v) is 44.8. The van der Waals surface area contributed by atoms with Crippen molar-refractivity contribution in [2.45, 2.75) is 120 Å². The van der Waals surface area contributed by atoms with Crippen LogP contribution in [0.5, 0.6) is 0 Å². The molecule has 0 spiro atoms. The van der Waals surface area contributed by atoms with E-state index >= 15 is 0 Å². The number of amides is 1. The van der Waals surface area contributed by atoms with Crippen LogP contribution >= 0.6 is 0 Å². The van der Waals surface area contributed by atoms with Crippen molar-refractivity contribution in [2.24, 2.45) is 0 Å². The number of nitrogens with zero attached hydrogens (tertiary/aromatic N) is 1. The first-order chi connectivity index (χ1) is 37.5. The first-order valence-corrected chi connectivity index (χ1v) is 28.4. The molecule has 0 aliphatic carbocycles. The van der Waals surface area contributed by atoms with Crippen LogP contribution in [0.1, 0.15) is 153 Å². The summed E-state index contributed by atoms with van der Waals surface area (Å²) in [5, 5.41) is 8.11. The molecule has 396 valence electrons. The van der Waals surface area contributed by atoms with Crippen LogP contribution in [-0.4, -0.2) is 55.3 Å². The molecule has 7 aromatic carbocycles. The third-order valence-corrected chi connectivity index (χ3v) is 14.8. The number of rotatable bonds is 35. The van der Waals surface area contributed by atoms with Gasteiger partial charge in [0.05, 0.1) is 11.1 Å². The third-order valence-electron chi connectivity index (χ3n) is 14.8. The Balaban J connectivity index is 0.886. The molecule has 2 N–H and O–H groups in total. The zero-order chi connectivity index (χ0) is 52.8. The van der Waals surface area contributed by atoms with Crippen molar-refractivity contribution in [1.82, 2.24) is 15.5 Å². The van der Waals surface area contributed by atoms with Gasteiger partial charge in [-0.15, -0.1) is 0 Å². The number of benzene rings is 7. The molecule has 0 saturated carbocycles. The summed E-state index contributed by atoms with van der Waals surface area (Å²) in [7, 11) is 0. The molecule has 0 aromatic heterocycles. The van der Waals surface area contributed by atoms with Crippen molar-refractivity contribution in [3.05, 3.63) is 251 Å². The van der Waals surface area contributed by atoms with E-state index in [0.29, 0.717) is 24.9 Å². The van der Waals surface area contributed by atoms with Gasteiger partial charge in [0.2, 0.25) is 5.91 Å². The average Bonchev–Trinajstić information content (AvgIpc) is 3.50. The number of carbonyl (C=O) groups is 3. The number of Topliss-reactive ketones (excluding diaryl/α,β-unsaturated/α-hetero) is 1. The molecule has 7 nitrogen and oxygen atoms in total. The van der Waals surface area contributed by atoms with E-state index < -0.39 is 11.1 Å². The van der Waals surface area contributed by atoms with E-state index in [2.05, 4.69) is 198 Å². The zero-order valence-electron chi connectivity index (χ0n) is 44.8. The van der Waals surface area contributed by atoms with Gasteiger partial charge >= 0.3 is 5.97 Å².